The van der Waals surface area contributed by atoms with E-state index in [1.54, 1.807) is 0 Å². The average molecular weight is 271 g/mol. The number of hydrogen-bond donors (Lipinski definition) is 1. The Kier molecular flexibility index (Phi) is 6.80. The Bertz CT molecular complexity index is 279. The fraction of sp³-hybridized carbons (Fsp3) is 0.933. The maximum atomic E-state index is 10.6. The second-order valence-electron chi connectivity index (χ2n) is 6.16. The molecule has 0 radical (unpaired) electrons. The summed E-state index contributed by atoms with van der Waals surface area (Å²) in [4.78, 5) is 13.1. The molecule has 0 bridgehead atoms. The molecule has 0 aromatic heterocycles. The molecule has 19 heavy (non-hydrogen) atoms. The van der Waals surface area contributed by atoms with Gasteiger partial charge in [-0.05, 0) is 45.6 Å². The van der Waals surface area contributed by atoms with Gasteiger partial charge in [-0.1, -0.05) is 13.8 Å². The zero-order valence-electron chi connectivity index (χ0n) is 12.8. The molecule has 2 unspecified atom stereocenters. The molecule has 1 fully saturated rings. The Labute approximate surface area is 117 Å². The maximum absolute atomic E-state index is 10.6. The van der Waals surface area contributed by atoms with Gasteiger partial charge in [0.1, 0.15) is 0 Å². The molecule has 0 amide bonds. The van der Waals surface area contributed by atoms with Crippen molar-refractivity contribution in [2.75, 3.05) is 13.2 Å². The van der Waals surface area contributed by atoms with Crippen LogP contribution in [0.1, 0.15) is 53.4 Å². The number of carboxylic acids is 1. The Morgan fingerprint density at radius 3 is 2.58 bits per heavy atom. The Morgan fingerprint density at radius 1 is 1.37 bits per heavy atom. The third-order valence-corrected chi connectivity index (χ3v) is 3.97. The van der Waals surface area contributed by atoms with Crippen LogP contribution in [-0.4, -0.2) is 47.3 Å². The van der Waals surface area contributed by atoms with Crippen molar-refractivity contribution in [1.82, 2.24) is 4.90 Å². The van der Waals surface area contributed by atoms with Gasteiger partial charge in [-0.25, -0.2) is 0 Å². The summed E-state index contributed by atoms with van der Waals surface area (Å²) in [5.41, 5.74) is 0. The van der Waals surface area contributed by atoms with Crippen molar-refractivity contribution < 1.29 is 14.6 Å². The second-order valence-corrected chi connectivity index (χ2v) is 6.16. The molecule has 1 N–H and O–H groups in total. The van der Waals surface area contributed by atoms with Crippen LogP contribution >= 0.6 is 0 Å². The highest BCUT2D eigenvalue weighted by molar-refractivity contribution is 5.66. The fourth-order valence-corrected chi connectivity index (χ4v) is 2.85. The van der Waals surface area contributed by atoms with E-state index in [2.05, 4.69) is 32.6 Å². The van der Waals surface area contributed by atoms with E-state index in [1.807, 2.05) is 0 Å². The zero-order valence-corrected chi connectivity index (χ0v) is 12.8. The van der Waals surface area contributed by atoms with E-state index in [9.17, 15) is 4.79 Å². The molecular weight excluding hydrogens is 242 g/mol. The number of rotatable bonds is 7. The molecule has 0 aromatic rings. The normalized spacial score (nSPS) is 24.4. The predicted octanol–water partition coefficient (Wildman–Crippen LogP) is 2.77. The minimum atomic E-state index is -0.698. The summed E-state index contributed by atoms with van der Waals surface area (Å²) in [5, 5.41) is 8.75. The average Bonchev–Trinajstić information content (AvgIpc) is 2.34. The lowest BCUT2D eigenvalue weighted by Crippen LogP contribution is -2.47. The van der Waals surface area contributed by atoms with Gasteiger partial charge in [-0.15, -0.1) is 0 Å². The number of nitrogens with zero attached hydrogens (tertiary/aromatic N) is 1. The first-order valence-corrected chi connectivity index (χ1v) is 7.51. The SMILES string of the molecule is CC(C)C1CC(N(CCCC(=O)O)C(C)C)CCO1. The molecule has 1 rings (SSSR count). The van der Waals surface area contributed by atoms with E-state index < -0.39 is 5.97 Å². The summed E-state index contributed by atoms with van der Waals surface area (Å²) in [6.45, 7) is 10.5. The lowest BCUT2D eigenvalue weighted by Gasteiger charge is -2.41. The number of carboxylic acid groups (broad SMARTS) is 1. The summed E-state index contributed by atoms with van der Waals surface area (Å²) in [6, 6.07) is 1.000. The van der Waals surface area contributed by atoms with Gasteiger partial charge in [0.05, 0.1) is 6.10 Å². The summed E-state index contributed by atoms with van der Waals surface area (Å²) in [7, 11) is 0. The molecule has 1 aliphatic rings. The van der Waals surface area contributed by atoms with E-state index in [1.165, 1.54) is 0 Å². The van der Waals surface area contributed by atoms with Crippen LogP contribution in [0.4, 0.5) is 0 Å². The summed E-state index contributed by atoms with van der Waals surface area (Å²) in [6.07, 6.45) is 3.48. The zero-order chi connectivity index (χ0) is 14.4. The predicted molar refractivity (Wildman–Crippen MR) is 76.3 cm³/mol. The quantitative estimate of drug-likeness (QED) is 0.773. The Morgan fingerprint density at radius 2 is 2.05 bits per heavy atom. The van der Waals surface area contributed by atoms with Gasteiger partial charge in [0.2, 0.25) is 0 Å². The molecule has 0 aromatic carbocycles. The number of carbonyl (C=O) groups is 1. The van der Waals surface area contributed by atoms with Gasteiger partial charge in [-0.2, -0.15) is 0 Å². The van der Waals surface area contributed by atoms with E-state index in [0.717, 1.165) is 32.4 Å². The molecule has 0 spiro atoms. The van der Waals surface area contributed by atoms with Crippen LogP contribution in [0.25, 0.3) is 0 Å². The van der Waals surface area contributed by atoms with Crippen LogP contribution < -0.4 is 0 Å². The Hall–Kier alpha value is -0.610. The molecule has 112 valence electrons. The summed E-state index contributed by atoms with van der Waals surface area (Å²) >= 11 is 0. The lowest BCUT2D eigenvalue weighted by atomic mass is 9.93. The lowest BCUT2D eigenvalue weighted by molar-refractivity contribution is -0.137. The van der Waals surface area contributed by atoms with Crippen LogP contribution in [-0.2, 0) is 9.53 Å². The van der Waals surface area contributed by atoms with Crippen LogP contribution in [0, 0.1) is 5.92 Å². The van der Waals surface area contributed by atoms with Gasteiger partial charge in [-0.3, -0.25) is 9.69 Å². The van der Waals surface area contributed by atoms with Gasteiger partial charge in [0.25, 0.3) is 0 Å². The van der Waals surface area contributed by atoms with Gasteiger partial charge >= 0.3 is 5.97 Å². The van der Waals surface area contributed by atoms with Gasteiger partial charge in [0.15, 0.2) is 0 Å². The molecular formula is C15H29NO3. The van der Waals surface area contributed by atoms with E-state index in [0.29, 0.717) is 24.1 Å². The van der Waals surface area contributed by atoms with Crippen molar-refractivity contribution in [3.63, 3.8) is 0 Å². The smallest absolute Gasteiger partial charge is 0.303 e. The summed E-state index contributed by atoms with van der Waals surface area (Å²) in [5.74, 6) is -0.147. The van der Waals surface area contributed by atoms with Crippen LogP contribution in [0.15, 0.2) is 0 Å². The van der Waals surface area contributed by atoms with E-state index >= 15 is 0 Å². The highest BCUT2D eigenvalue weighted by Crippen LogP contribution is 2.25. The Balaban J connectivity index is 2.52. The van der Waals surface area contributed by atoms with Gasteiger partial charge < -0.3 is 9.84 Å². The molecule has 1 saturated heterocycles. The van der Waals surface area contributed by atoms with Gasteiger partial charge in [0, 0.05) is 25.1 Å². The number of aliphatic carboxylic acids is 1. The first kappa shape index (κ1) is 16.4. The van der Waals surface area contributed by atoms with Crippen molar-refractivity contribution in [1.29, 1.82) is 0 Å². The number of hydrogen-bond acceptors (Lipinski definition) is 3. The second kappa shape index (κ2) is 7.85. The van der Waals surface area contributed by atoms with Crippen molar-refractivity contribution in [3.05, 3.63) is 0 Å². The third-order valence-electron chi connectivity index (χ3n) is 3.97. The van der Waals surface area contributed by atoms with E-state index in [4.69, 9.17) is 9.84 Å². The van der Waals surface area contributed by atoms with Crippen molar-refractivity contribution in [3.8, 4) is 0 Å². The maximum Gasteiger partial charge on any atom is 0.303 e. The standard InChI is InChI=1S/C15H29NO3/c1-11(2)14-10-13(7-9-19-14)16(12(3)4)8-5-6-15(17)18/h11-14H,5-10H2,1-4H3,(H,17,18). The largest absolute Gasteiger partial charge is 0.481 e. The monoisotopic (exact) mass is 271 g/mol. The summed E-state index contributed by atoms with van der Waals surface area (Å²) < 4.78 is 5.82. The number of ether oxygens (including phenoxy) is 1. The van der Waals surface area contributed by atoms with E-state index in [-0.39, 0.29) is 6.42 Å². The van der Waals surface area contributed by atoms with Crippen LogP contribution in [0.3, 0.4) is 0 Å². The molecule has 2 atom stereocenters. The van der Waals surface area contributed by atoms with Crippen molar-refractivity contribution in [2.24, 2.45) is 5.92 Å². The molecule has 4 nitrogen and oxygen atoms in total. The van der Waals surface area contributed by atoms with Crippen LogP contribution in [0.5, 0.6) is 0 Å². The van der Waals surface area contributed by atoms with Crippen LogP contribution in [0.2, 0.25) is 0 Å². The molecule has 0 saturated carbocycles. The first-order valence-electron chi connectivity index (χ1n) is 7.51. The minimum absolute atomic E-state index is 0.264. The minimum Gasteiger partial charge on any atom is -0.481 e. The molecule has 1 heterocycles. The molecule has 1 aliphatic heterocycles. The molecule has 0 aliphatic carbocycles. The van der Waals surface area contributed by atoms with Crippen molar-refractivity contribution >= 4 is 5.97 Å². The fourth-order valence-electron chi connectivity index (χ4n) is 2.85. The highest BCUT2D eigenvalue weighted by atomic mass is 16.5. The third kappa shape index (κ3) is 5.49. The topological polar surface area (TPSA) is 49.8 Å². The van der Waals surface area contributed by atoms with Crippen molar-refractivity contribution in [2.45, 2.75) is 71.6 Å². The highest BCUT2D eigenvalue weighted by Gasteiger charge is 2.29. The molecule has 4 heteroatoms. The first-order chi connectivity index (χ1) is 8.91.